The number of rotatable bonds is 2. The van der Waals surface area contributed by atoms with Crippen LogP contribution in [-0.2, 0) is 16.0 Å². The molecule has 0 bridgehead atoms. The highest BCUT2D eigenvalue weighted by Crippen LogP contribution is 2.27. The molecule has 5 heteroatoms. The lowest BCUT2D eigenvalue weighted by Gasteiger charge is -2.06. The number of methoxy groups -OCH3 is 1. The second-order valence-corrected chi connectivity index (χ2v) is 3.48. The molecule has 0 aromatic heterocycles. The van der Waals surface area contributed by atoms with Crippen molar-refractivity contribution in [2.45, 2.75) is 6.42 Å². The maximum atomic E-state index is 12.9. The molecule has 1 aromatic rings. The van der Waals surface area contributed by atoms with E-state index >= 15 is 0 Å². The fourth-order valence-electron chi connectivity index (χ4n) is 0.979. The Labute approximate surface area is 89.2 Å². The third-order valence-corrected chi connectivity index (χ3v) is 2.71. The zero-order valence-corrected chi connectivity index (χ0v) is 9.10. The summed E-state index contributed by atoms with van der Waals surface area (Å²) in [6.45, 7) is 0. The molecule has 0 amide bonds. The SMILES string of the molecule is COC(=O)Cc1ccc(F)c(N)c1Br. The van der Waals surface area contributed by atoms with E-state index in [0.717, 1.165) is 0 Å². The summed E-state index contributed by atoms with van der Waals surface area (Å²) in [5, 5.41) is 0. The van der Waals surface area contributed by atoms with Crippen LogP contribution >= 0.6 is 15.9 Å². The molecule has 0 aliphatic rings. The van der Waals surface area contributed by atoms with Crippen molar-refractivity contribution < 1.29 is 13.9 Å². The van der Waals surface area contributed by atoms with Gasteiger partial charge in [-0.05, 0) is 27.6 Å². The van der Waals surface area contributed by atoms with Gasteiger partial charge in [-0.2, -0.15) is 0 Å². The standard InChI is InChI=1S/C9H9BrFNO2/c1-14-7(13)4-5-2-3-6(11)9(12)8(5)10/h2-3H,4,12H2,1H3. The molecular formula is C9H9BrFNO2. The van der Waals surface area contributed by atoms with Crippen molar-refractivity contribution in [3.63, 3.8) is 0 Å². The van der Waals surface area contributed by atoms with Crippen molar-refractivity contribution in [3.05, 3.63) is 28.0 Å². The highest BCUT2D eigenvalue weighted by molar-refractivity contribution is 9.10. The summed E-state index contributed by atoms with van der Waals surface area (Å²) in [5.41, 5.74) is 6.04. The number of anilines is 1. The Kier molecular flexibility index (Phi) is 3.46. The van der Waals surface area contributed by atoms with Gasteiger partial charge in [-0.25, -0.2) is 4.39 Å². The first-order valence-electron chi connectivity index (χ1n) is 3.85. The van der Waals surface area contributed by atoms with E-state index < -0.39 is 11.8 Å². The van der Waals surface area contributed by atoms with Gasteiger partial charge in [0.1, 0.15) is 5.82 Å². The molecule has 0 fully saturated rings. The minimum atomic E-state index is -0.509. The van der Waals surface area contributed by atoms with Crippen LogP contribution in [-0.4, -0.2) is 13.1 Å². The van der Waals surface area contributed by atoms with E-state index in [1.165, 1.54) is 19.2 Å². The smallest absolute Gasteiger partial charge is 0.310 e. The average molecular weight is 262 g/mol. The van der Waals surface area contributed by atoms with E-state index in [4.69, 9.17) is 5.73 Å². The Morgan fingerprint density at radius 2 is 2.29 bits per heavy atom. The van der Waals surface area contributed by atoms with Gasteiger partial charge in [0.25, 0.3) is 0 Å². The third-order valence-electron chi connectivity index (χ3n) is 1.77. The Morgan fingerprint density at radius 3 is 2.86 bits per heavy atom. The van der Waals surface area contributed by atoms with Crippen LogP contribution in [0.5, 0.6) is 0 Å². The van der Waals surface area contributed by atoms with Crippen LogP contribution < -0.4 is 5.73 Å². The summed E-state index contributed by atoms with van der Waals surface area (Å²) in [6, 6.07) is 2.71. The number of hydrogen-bond donors (Lipinski definition) is 1. The maximum Gasteiger partial charge on any atom is 0.310 e. The number of benzene rings is 1. The van der Waals surface area contributed by atoms with Crippen LogP contribution in [0.4, 0.5) is 10.1 Å². The molecule has 0 aliphatic heterocycles. The Morgan fingerprint density at radius 1 is 1.64 bits per heavy atom. The zero-order chi connectivity index (χ0) is 10.7. The minimum Gasteiger partial charge on any atom is -0.469 e. The monoisotopic (exact) mass is 261 g/mol. The van der Waals surface area contributed by atoms with Gasteiger partial charge in [-0.3, -0.25) is 4.79 Å². The lowest BCUT2D eigenvalue weighted by atomic mass is 10.1. The van der Waals surface area contributed by atoms with Gasteiger partial charge in [-0.1, -0.05) is 6.07 Å². The second kappa shape index (κ2) is 4.41. The number of nitrogens with two attached hydrogens (primary N) is 1. The minimum absolute atomic E-state index is 0.00593. The molecule has 0 atom stereocenters. The van der Waals surface area contributed by atoms with E-state index in [9.17, 15) is 9.18 Å². The van der Waals surface area contributed by atoms with Crippen LogP contribution in [0.15, 0.2) is 16.6 Å². The van der Waals surface area contributed by atoms with Crippen LogP contribution in [0.2, 0.25) is 0 Å². The van der Waals surface area contributed by atoms with Gasteiger partial charge in [0.2, 0.25) is 0 Å². The van der Waals surface area contributed by atoms with Crippen molar-refractivity contribution in [3.8, 4) is 0 Å². The molecule has 2 N–H and O–H groups in total. The molecule has 76 valence electrons. The lowest BCUT2D eigenvalue weighted by molar-refractivity contribution is -0.139. The first kappa shape index (κ1) is 11.0. The molecule has 0 saturated carbocycles. The summed E-state index contributed by atoms with van der Waals surface area (Å²) in [4.78, 5) is 11.0. The van der Waals surface area contributed by atoms with Gasteiger partial charge >= 0.3 is 5.97 Å². The summed E-state index contributed by atoms with van der Waals surface area (Å²) in [7, 11) is 1.29. The molecule has 14 heavy (non-hydrogen) atoms. The number of hydrogen-bond acceptors (Lipinski definition) is 3. The van der Waals surface area contributed by atoms with Crippen molar-refractivity contribution in [1.82, 2.24) is 0 Å². The highest BCUT2D eigenvalue weighted by Gasteiger charge is 2.11. The average Bonchev–Trinajstić information content (AvgIpc) is 2.19. The van der Waals surface area contributed by atoms with E-state index in [2.05, 4.69) is 20.7 Å². The number of esters is 1. The van der Waals surface area contributed by atoms with E-state index in [1.54, 1.807) is 0 Å². The van der Waals surface area contributed by atoms with Crippen LogP contribution in [0.3, 0.4) is 0 Å². The van der Waals surface area contributed by atoms with E-state index in [0.29, 0.717) is 10.0 Å². The zero-order valence-electron chi connectivity index (χ0n) is 7.51. The predicted octanol–water partition coefficient (Wildman–Crippen LogP) is 1.89. The molecule has 0 spiro atoms. The van der Waals surface area contributed by atoms with Crippen molar-refractivity contribution in [2.75, 3.05) is 12.8 Å². The second-order valence-electron chi connectivity index (χ2n) is 2.69. The van der Waals surface area contributed by atoms with Crippen molar-refractivity contribution >= 4 is 27.6 Å². The molecule has 0 radical (unpaired) electrons. The summed E-state index contributed by atoms with van der Waals surface area (Å²) in [6.07, 6.45) is 0.0710. The van der Waals surface area contributed by atoms with Crippen LogP contribution in [0.25, 0.3) is 0 Å². The lowest BCUT2D eigenvalue weighted by Crippen LogP contribution is -2.06. The number of halogens is 2. The van der Waals surface area contributed by atoms with Gasteiger partial charge < -0.3 is 10.5 Å². The van der Waals surface area contributed by atoms with Gasteiger partial charge in [-0.15, -0.1) is 0 Å². The molecule has 1 aromatic carbocycles. The normalized spacial score (nSPS) is 9.93. The summed E-state index contributed by atoms with van der Waals surface area (Å²) >= 11 is 3.12. The summed E-state index contributed by atoms with van der Waals surface area (Å²) < 4.78 is 17.8. The van der Waals surface area contributed by atoms with Crippen molar-refractivity contribution in [2.24, 2.45) is 0 Å². The Hall–Kier alpha value is -1.10. The summed E-state index contributed by atoms with van der Waals surface area (Å²) in [5.74, 6) is -0.901. The fourth-order valence-corrected chi connectivity index (χ4v) is 1.44. The first-order valence-corrected chi connectivity index (χ1v) is 4.64. The number of carbonyl (C=O) groups is 1. The van der Waals surface area contributed by atoms with Crippen molar-refractivity contribution in [1.29, 1.82) is 0 Å². The van der Waals surface area contributed by atoms with Gasteiger partial charge in [0.15, 0.2) is 0 Å². The van der Waals surface area contributed by atoms with E-state index in [-0.39, 0.29) is 12.1 Å². The number of carbonyl (C=O) groups excluding carboxylic acids is 1. The molecule has 1 rings (SSSR count). The predicted molar refractivity (Wildman–Crippen MR) is 54.2 cm³/mol. The van der Waals surface area contributed by atoms with Gasteiger partial charge in [0, 0.05) is 4.47 Å². The topological polar surface area (TPSA) is 52.3 Å². The Balaban J connectivity index is 3.00. The van der Waals surface area contributed by atoms with Crippen LogP contribution in [0.1, 0.15) is 5.56 Å². The molecular weight excluding hydrogens is 253 g/mol. The van der Waals surface area contributed by atoms with E-state index in [1.807, 2.05) is 0 Å². The fraction of sp³-hybridized carbons (Fsp3) is 0.222. The number of ether oxygens (including phenoxy) is 1. The molecule has 0 saturated heterocycles. The largest absolute Gasteiger partial charge is 0.469 e. The Bertz CT molecular complexity index is 368. The first-order chi connectivity index (χ1) is 6.56. The maximum absolute atomic E-state index is 12.9. The molecule has 0 heterocycles. The van der Waals surface area contributed by atoms with Crippen LogP contribution in [0, 0.1) is 5.82 Å². The number of nitrogen functional groups attached to an aromatic ring is 1. The quantitative estimate of drug-likeness (QED) is 0.654. The molecule has 3 nitrogen and oxygen atoms in total. The molecule has 0 aliphatic carbocycles. The molecule has 0 unspecified atom stereocenters. The third kappa shape index (κ3) is 2.23. The van der Waals surface area contributed by atoms with Gasteiger partial charge in [0.05, 0.1) is 19.2 Å². The highest BCUT2D eigenvalue weighted by atomic mass is 79.9.